The Hall–Kier alpha value is -2.02. The zero-order valence-corrected chi connectivity index (χ0v) is 10.3. The Labute approximate surface area is 107 Å². The van der Waals surface area contributed by atoms with Crippen molar-refractivity contribution >= 4 is 34.4 Å². The van der Waals surface area contributed by atoms with Gasteiger partial charge in [0.1, 0.15) is 11.6 Å². The third-order valence-corrected chi connectivity index (χ3v) is 2.57. The van der Waals surface area contributed by atoms with Crippen LogP contribution in [-0.2, 0) is 7.05 Å². The molecule has 0 spiro atoms. The van der Waals surface area contributed by atoms with Crippen LogP contribution in [0, 0.1) is 11.6 Å². The Morgan fingerprint density at radius 1 is 1.56 bits per heavy atom. The largest absolute Gasteiger partial charge is 0.375 e. The fourth-order valence-corrected chi connectivity index (χ4v) is 1.69. The van der Waals surface area contributed by atoms with Gasteiger partial charge in [0.2, 0.25) is 0 Å². The van der Waals surface area contributed by atoms with E-state index in [1.54, 1.807) is 23.9 Å². The third kappa shape index (κ3) is 2.17. The summed E-state index contributed by atoms with van der Waals surface area (Å²) >= 11 is 4.52. The Bertz CT molecular complexity index is 648. The summed E-state index contributed by atoms with van der Waals surface area (Å²) in [5.74, 6) is -1.37. The molecule has 0 atom stereocenters. The van der Waals surface area contributed by atoms with Crippen molar-refractivity contribution < 1.29 is 8.78 Å². The van der Waals surface area contributed by atoms with Crippen molar-refractivity contribution in [1.29, 1.82) is 0 Å². The Kier molecular flexibility index (Phi) is 3.24. The van der Waals surface area contributed by atoms with Crippen LogP contribution < -0.4 is 11.2 Å². The quantitative estimate of drug-likeness (QED) is 0.494. The van der Waals surface area contributed by atoms with E-state index in [0.29, 0.717) is 10.9 Å². The summed E-state index contributed by atoms with van der Waals surface area (Å²) in [5, 5.41) is 3.80. The molecule has 0 fully saturated rings. The summed E-state index contributed by atoms with van der Waals surface area (Å²) in [6.07, 6.45) is 2.66. The van der Waals surface area contributed by atoms with Crippen LogP contribution in [-0.4, -0.2) is 15.9 Å². The number of rotatable bonds is 2. The fraction of sp³-hybridized carbons (Fsp3) is 0.0909. The lowest BCUT2D eigenvalue weighted by Gasteiger charge is -2.03. The van der Waals surface area contributed by atoms with Crippen molar-refractivity contribution in [3.8, 4) is 0 Å². The minimum atomic E-state index is -0.699. The van der Waals surface area contributed by atoms with Crippen LogP contribution in [0.1, 0.15) is 5.56 Å². The average molecular weight is 268 g/mol. The number of benzene rings is 1. The number of hydrogen-bond acceptors (Lipinski definition) is 2. The molecule has 1 heterocycles. The van der Waals surface area contributed by atoms with Crippen LogP contribution in [0.2, 0.25) is 0 Å². The molecule has 2 aromatic rings. The molecule has 0 amide bonds. The van der Waals surface area contributed by atoms with Gasteiger partial charge in [-0.1, -0.05) is 0 Å². The number of aromatic nitrogens is 1. The van der Waals surface area contributed by atoms with Crippen molar-refractivity contribution in [3.63, 3.8) is 0 Å². The standard InChI is InChI=1S/C11H10F2N4S/c1-17-3-2-6-9(17)4-8(12)7(10(6)13)5-15-16-11(14)18/h2-5H,1H3,(H3,14,16,18). The van der Waals surface area contributed by atoms with Gasteiger partial charge in [0, 0.05) is 18.6 Å². The predicted octanol–water partition coefficient (Wildman–Crippen LogP) is 1.62. The average Bonchev–Trinajstić information content (AvgIpc) is 2.65. The molecule has 94 valence electrons. The maximum absolute atomic E-state index is 14.0. The lowest BCUT2D eigenvalue weighted by Crippen LogP contribution is -2.24. The maximum atomic E-state index is 14.0. The molecule has 0 saturated carbocycles. The number of halogens is 2. The van der Waals surface area contributed by atoms with E-state index in [2.05, 4.69) is 22.7 Å². The predicted molar refractivity (Wildman–Crippen MR) is 70.4 cm³/mol. The van der Waals surface area contributed by atoms with Gasteiger partial charge in [0.15, 0.2) is 5.11 Å². The number of nitrogens with one attached hydrogen (secondary N) is 1. The molecule has 0 radical (unpaired) electrons. The SMILES string of the molecule is Cn1ccc2c(F)c(C=NNC(N)=S)c(F)cc21. The minimum absolute atomic E-state index is 0.0761. The number of nitrogens with zero attached hydrogens (tertiary/aromatic N) is 2. The molecule has 0 unspecified atom stereocenters. The fourth-order valence-electron chi connectivity index (χ4n) is 1.63. The molecular weight excluding hydrogens is 258 g/mol. The van der Waals surface area contributed by atoms with Crippen molar-refractivity contribution in [2.24, 2.45) is 17.9 Å². The number of nitrogens with two attached hydrogens (primary N) is 1. The minimum Gasteiger partial charge on any atom is -0.375 e. The van der Waals surface area contributed by atoms with Gasteiger partial charge in [-0.2, -0.15) is 5.10 Å². The van der Waals surface area contributed by atoms with Crippen molar-refractivity contribution in [3.05, 3.63) is 35.5 Å². The molecule has 1 aromatic carbocycles. The Morgan fingerprint density at radius 2 is 2.28 bits per heavy atom. The second kappa shape index (κ2) is 4.69. The van der Waals surface area contributed by atoms with E-state index in [-0.39, 0.29) is 10.7 Å². The van der Waals surface area contributed by atoms with Gasteiger partial charge in [-0.05, 0) is 24.4 Å². The van der Waals surface area contributed by atoms with Crippen LogP contribution in [0.4, 0.5) is 8.78 Å². The summed E-state index contributed by atoms with van der Waals surface area (Å²) < 4.78 is 29.4. The highest BCUT2D eigenvalue weighted by Gasteiger charge is 2.13. The first-order chi connectivity index (χ1) is 8.50. The number of thiocarbonyl (C=S) groups is 1. The third-order valence-electron chi connectivity index (χ3n) is 2.48. The summed E-state index contributed by atoms with van der Waals surface area (Å²) in [5.41, 5.74) is 7.62. The zero-order chi connectivity index (χ0) is 13.3. The molecule has 4 nitrogen and oxygen atoms in total. The monoisotopic (exact) mass is 268 g/mol. The van der Waals surface area contributed by atoms with E-state index in [1.807, 2.05) is 0 Å². The summed E-state index contributed by atoms with van der Waals surface area (Å²) in [7, 11) is 1.71. The van der Waals surface area contributed by atoms with Gasteiger partial charge < -0.3 is 10.3 Å². The molecule has 0 saturated heterocycles. The van der Waals surface area contributed by atoms with Crippen molar-refractivity contribution in [1.82, 2.24) is 9.99 Å². The molecule has 7 heteroatoms. The van der Waals surface area contributed by atoms with E-state index in [0.717, 1.165) is 6.21 Å². The summed E-state index contributed by atoms with van der Waals surface area (Å²) in [6.45, 7) is 0. The second-order valence-electron chi connectivity index (χ2n) is 3.68. The van der Waals surface area contributed by atoms with Crippen LogP contribution in [0.5, 0.6) is 0 Å². The van der Waals surface area contributed by atoms with Gasteiger partial charge in [-0.15, -0.1) is 0 Å². The number of fused-ring (bicyclic) bond motifs is 1. The van der Waals surface area contributed by atoms with Gasteiger partial charge in [0.05, 0.1) is 17.3 Å². The van der Waals surface area contributed by atoms with Crippen LogP contribution in [0.3, 0.4) is 0 Å². The lowest BCUT2D eigenvalue weighted by molar-refractivity contribution is 0.588. The number of hydrazone groups is 1. The molecule has 0 bridgehead atoms. The number of aryl methyl sites for hydroxylation is 1. The highest BCUT2D eigenvalue weighted by molar-refractivity contribution is 7.80. The smallest absolute Gasteiger partial charge is 0.184 e. The summed E-state index contributed by atoms with van der Waals surface area (Å²) in [6, 6.07) is 2.82. The lowest BCUT2D eigenvalue weighted by atomic mass is 10.1. The van der Waals surface area contributed by atoms with Crippen LogP contribution in [0.25, 0.3) is 10.9 Å². The second-order valence-corrected chi connectivity index (χ2v) is 4.12. The van der Waals surface area contributed by atoms with Gasteiger partial charge >= 0.3 is 0 Å². The molecule has 18 heavy (non-hydrogen) atoms. The molecule has 0 aliphatic heterocycles. The first-order valence-electron chi connectivity index (χ1n) is 5.02. The molecule has 2 rings (SSSR count). The maximum Gasteiger partial charge on any atom is 0.184 e. The zero-order valence-electron chi connectivity index (χ0n) is 9.45. The van der Waals surface area contributed by atoms with Gasteiger partial charge in [0.25, 0.3) is 0 Å². The molecule has 0 aliphatic rings. The normalized spacial score (nSPS) is 11.3. The summed E-state index contributed by atoms with van der Waals surface area (Å²) in [4.78, 5) is 0. The molecule has 0 aliphatic carbocycles. The van der Waals surface area contributed by atoms with Crippen LogP contribution >= 0.6 is 12.2 Å². The van der Waals surface area contributed by atoms with Gasteiger partial charge in [-0.3, -0.25) is 5.43 Å². The Balaban J connectivity index is 2.51. The first kappa shape index (κ1) is 12.4. The van der Waals surface area contributed by atoms with Crippen LogP contribution in [0.15, 0.2) is 23.4 Å². The molecule has 1 aromatic heterocycles. The van der Waals surface area contributed by atoms with E-state index in [4.69, 9.17) is 5.73 Å². The molecule has 3 N–H and O–H groups in total. The topological polar surface area (TPSA) is 55.3 Å². The van der Waals surface area contributed by atoms with E-state index >= 15 is 0 Å². The highest BCUT2D eigenvalue weighted by atomic mass is 32.1. The van der Waals surface area contributed by atoms with E-state index in [9.17, 15) is 8.78 Å². The van der Waals surface area contributed by atoms with E-state index < -0.39 is 11.6 Å². The van der Waals surface area contributed by atoms with Crippen molar-refractivity contribution in [2.45, 2.75) is 0 Å². The first-order valence-corrected chi connectivity index (χ1v) is 5.43. The Morgan fingerprint density at radius 3 is 2.94 bits per heavy atom. The molecular formula is C11H10F2N4S. The van der Waals surface area contributed by atoms with Gasteiger partial charge in [-0.25, -0.2) is 8.78 Å². The highest BCUT2D eigenvalue weighted by Crippen LogP contribution is 2.23. The van der Waals surface area contributed by atoms with Crippen molar-refractivity contribution in [2.75, 3.05) is 0 Å². The number of hydrogen-bond donors (Lipinski definition) is 2. The van der Waals surface area contributed by atoms with E-state index in [1.165, 1.54) is 6.07 Å².